The molecular weight excluding hydrogens is 190 g/mol. The summed E-state index contributed by atoms with van der Waals surface area (Å²) in [5, 5.41) is 12.3. The van der Waals surface area contributed by atoms with E-state index in [1.165, 1.54) is 0 Å². The van der Waals surface area contributed by atoms with Gasteiger partial charge in [0.05, 0.1) is 0 Å². The van der Waals surface area contributed by atoms with Gasteiger partial charge < -0.3 is 10.4 Å². The molecule has 0 spiro atoms. The molecule has 15 heavy (non-hydrogen) atoms. The van der Waals surface area contributed by atoms with E-state index in [1.54, 1.807) is 6.92 Å². The Morgan fingerprint density at radius 1 is 1.47 bits per heavy atom. The maximum atomic E-state index is 11.3. The van der Waals surface area contributed by atoms with Crippen LogP contribution in [0.5, 0.6) is 0 Å². The van der Waals surface area contributed by atoms with Crippen molar-refractivity contribution in [2.24, 2.45) is 5.92 Å². The molecule has 0 heterocycles. The van der Waals surface area contributed by atoms with Crippen LogP contribution in [-0.4, -0.2) is 17.2 Å². The molecule has 0 aromatic rings. The van der Waals surface area contributed by atoms with Gasteiger partial charge in [0, 0.05) is 11.5 Å². The fourth-order valence-electron chi connectivity index (χ4n) is 1.43. The van der Waals surface area contributed by atoms with Gasteiger partial charge in [-0.1, -0.05) is 33.3 Å². The SMILES string of the molecule is C=C(C)C(=O)NC(O)C(CC)CCCC. The quantitative estimate of drug-likeness (QED) is 0.503. The van der Waals surface area contributed by atoms with Gasteiger partial charge in [-0.2, -0.15) is 0 Å². The molecule has 0 radical (unpaired) electrons. The zero-order valence-corrected chi connectivity index (χ0v) is 10.0. The molecule has 88 valence electrons. The van der Waals surface area contributed by atoms with Crippen LogP contribution in [0.4, 0.5) is 0 Å². The molecule has 1 amide bonds. The van der Waals surface area contributed by atoms with Crippen LogP contribution in [0.2, 0.25) is 0 Å². The summed E-state index contributed by atoms with van der Waals surface area (Å²) in [5.41, 5.74) is 0.430. The average Bonchev–Trinajstić information content (AvgIpc) is 2.18. The van der Waals surface area contributed by atoms with E-state index in [0.717, 1.165) is 25.7 Å². The molecule has 0 bridgehead atoms. The highest BCUT2D eigenvalue weighted by Crippen LogP contribution is 2.15. The summed E-state index contributed by atoms with van der Waals surface area (Å²) >= 11 is 0. The van der Waals surface area contributed by atoms with Gasteiger partial charge in [-0.05, 0) is 19.8 Å². The molecule has 2 N–H and O–H groups in total. The Balaban J connectivity index is 4.08. The molecular formula is C12H23NO2. The predicted octanol–water partition coefficient (Wildman–Crippen LogP) is 2.21. The first-order valence-electron chi connectivity index (χ1n) is 5.67. The van der Waals surface area contributed by atoms with E-state index in [-0.39, 0.29) is 11.8 Å². The minimum absolute atomic E-state index is 0.147. The van der Waals surface area contributed by atoms with E-state index in [1.807, 2.05) is 6.92 Å². The largest absolute Gasteiger partial charge is 0.373 e. The van der Waals surface area contributed by atoms with Gasteiger partial charge in [0.25, 0.3) is 0 Å². The Hall–Kier alpha value is -0.830. The van der Waals surface area contributed by atoms with E-state index in [0.29, 0.717) is 5.57 Å². The molecule has 0 fully saturated rings. The van der Waals surface area contributed by atoms with Crippen molar-refractivity contribution in [1.29, 1.82) is 0 Å². The Bertz CT molecular complexity index is 214. The number of hydrogen-bond donors (Lipinski definition) is 2. The Labute approximate surface area is 92.6 Å². The highest BCUT2D eigenvalue weighted by molar-refractivity contribution is 5.92. The van der Waals surface area contributed by atoms with Crippen LogP contribution in [-0.2, 0) is 4.79 Å². The fraction of sp³-hybridized carbons (Fsp3) is 0.750. The van der Waals surface area contributed by atoms with Crippen molar-refractivity contribution in [3.63, 3.8) is 0 Å². The number of aliphatic hydroxyl groups is 1. The van der Waals surface area contributed by atoms with Crippen molar-refractivity contribution >= 4 is 5.91 Å². The molecule has 3 nitrogen and oxygen atoms in total. The highest BCUT2D eigenvalue weighted by atomic mass is 16.3. The zero-order chi connectivity index (χ0) is 11.8. The molecule has 0 saturated heterocycles. The van der Waals surface area contributed by atoms with Crippen LogP contribution in [0.3, 0.4) is 0 Å². The third-order valence-electron chi connectivity index (χ3n) is 2.57. The molecule has 0 rings (SSSR count). The van der Waals surface area contributed by atoms with Crippen molar-refractivity contribution in [2.45, 2.75) is 52.7 Å². The minimum Gasteiger partial charge on any atom is -0.373 e. The summed E-state index contributed by atoms with van der Waals surface area (Å²) in [6, 6.07) is 0. The first-order chi connectivity index (χ1) is 7.02. The lowest BCUT2D eigenvalue weighted by Crippen LogP contribution is -2.40. The summed E-state index contributed by atoms with van der Waals surface area (Å²) in [5.74, 6) is -0.120. The second-order valence-corrected chi connectivity index (χ2v) is 4.01. The zero-order valence-electron chi connectivity index (χ0n) is 10.0. The normalized spacial score (nSPS) is 14.4. The number of amides is 1. The van der Waals surface area contributed by atoms with Crippen molar-refractivity contribution in [3.05, 3.63) is 12.2 Å². The van der Waals surface area contributed by atoms with Crippen LogP contribution in [0.15, 0.2) is 12.2 Å². The van der Waals surface area contributed by atoms with Crippen molar-refractivity contribution in [1.82, 2.24) is 5.32 Å². The van der Waals surface area contributed by atoms with Gasteiger partial charge in [-0.3, -0.25) is 4.79 Å². The number of carbonyl (C=O) groups excluding carboxylic acids is 1. The van der Waals surface area contributed by atoms with E-state index in [2.05, 4.69) is 18.8 Å². The second kappa shape index (κ2) is 7.46. The Kier molecular flexibility index (Phi) is 7.05. The molecule has 2 unspecified atom stereocenters. The van der Waals surface area contributed by atoms with Gasteiger partial charge in [0.2, 0.25) is 5.91 Å². The first-order valence-corrected chi connectivity index (χ1v) is 5.67. The average molecular weight is 213 g/mol. The number of unbranched alkanes of at least 4 members (excludes halogenated alkanes) is 1. The summed E-state index contributed by atoms with van der Waals surface area (Å²) in [6.07, 6.45) is 3.27. The predicted molar refractivity (Wildman–Crippen MR) is 62.3 cm³/mol. The van der Waals surface area contributed by atoms with Gasteiger partial charge in [0.15, 0.2) is 0 Å². The molecule has 0 saturated carbocycles. The van der Waals surface area contributed by atoms with E-state index < -0.39 is 6.23 Å². The van der Waals surface area contributed by atoms with E-state index in [9.17, 15) is 9.90 Å². The lowest BCUT2D eigenvalue weighted by atomic mass is 9.97. The maximum absolute atomic E-state index is 11.3. The number of rotatable bonds is 7. The van der Waals surface area contributed by atoms with Crippen LogP contribution in [0, 0.1) is 5.92 Å². The minimum atomic E-state index is -0.745. The third kappa shape index (κ3) is 5.57. The fourth-order valence-corrected chi connectivity index (χ4v) is 1.43. The first kappa shape index (κ1) is 14.2. The van der Waals surface area contributed by atoms with Gasteiger partial charge in [0.1, 0.15) is 6.23 Å². The van der Waals surface area contributed by atoms with Gasteiger partial charge in [-0.25, -0.2) is 0 Å². The van der Waals surface area contributed by atoms with Crippen LogP contribution < -0.4 is 5.32 Å². The maximum Gasteiger partial charge on any atom is 0.248 e. The lowest BCUT2D eigenvalue weighted by Gasteiger charge is -2.22. The molecule has 0 aromatic heterocycles. The lowest BCUT2D eigenvalue weighted by molar-refractivity contribution is -0.121. The molecule has 2 atom stereocenters. The third-order valence-corrected chi connectivity index (χ3v) is 2.57. The summed E-state index contributed by atoms with van der Waals surface area (Å²) in [6.45, 7) is 9.31. The van der Waals surface area contributed by atoms with E-state index in [4.69, 9.17) is 0 Å². The number of hydrogen-bond acceptors (Lipinski definition) is 2. The number of aliphatic hydroxyl groups excluding tert-OH is 1. The molecule has 0 aliphatic heterocycles. The highest BCUT2D eigenvalue weighted by Gasteiger charge is 2.18. The second-order valence-electron chi connectivity index (χ2n) is 4.01. The van der Waals surface area contributed by atoms with Crippen molar-refractivity contribution < 1.29 is 9.90 Å². The van der Waals surface area contributed by atoms with Gasteiger partial charge in [-0.15, -0.1) is 0 Å². The van der Waals surface area contributed by atoms with Crippen molar-refractivity contribution in [2.75, 3.05) is 0 Å². The number of carbonyl (C=O) groups is 1. The number of nitrogens with one attached hydrogen (secondary N) is 1. The topological polar surface area (TPSA) is 49.3 Å². The summed E-state index contributed by atoms with van der Waals surface area (Å²) in [7, 11) is 0. The van der Waals surface area contributed by atoms with Crippen molar-refractivity contribution in [3.8, 4) is 0 Å². The molecule has 0 aliphatic rings. The van der Waals surface area contributed by atoms with Crippen LogP contribution in [0.1, 0.15) is 46.5 Å². The standard InChI is InChI=1S/C12H23NO2/c1-5-7-8-10(6-2)12(15)13-11(14)9(3)4/h10,12,15H,3,5-8H2,1-2,4H3,(H,13,14). The Morgan fingerprint density at radius 3 is 2.47 bits per heavy atom. The summed E-state index contributed by atoms with van der Waals surface area (Å²) in [4.78, 5) is 11.3. The smallest absolute Gasteiger partial charge is 0.248 e. The van der Waals surface area contributed by atoms with E-state index >= 15 is 0 Å². The Morgan fingerprint density at radius 2 is 2.07 bits per heavy atom. The molecule has 0 aromatic carbocycles. The molecule has 3 heteroatoms. The monoisotopic (exact) mass is 213 g/mol. The molecule has 0 aliphatic carbocycles. The summed E-state index contributed by atoms with van der Waals surface area (Å²) < 4.78 is 0. The van der Waals surface area contributed by atoms with Crippen LogP contribution in [0.25, 0.3) is 0 Å². The van der Waals surface area contributed by atoms with Crippen LogP contribution >= 0.6 is 0 Å². The van der Waals surface area contributed by atoms with Gasteiger partial charge >= 0.3 is 0 Å².